The van der Waals surface area contributed by atoms with Crippen LogP contribution in [0.5, 0.6) is 0 Å². The molecule has 9 heteroatoms. The molecule has 0 spiro atoms. The summed E-state index contributed by atoms with van der Waals surface area (Å²) in [4.78, 5) is 23.7. The molecule has 1 atom stereocenters. The molecular formula is C26H26N2O6S. The molecule has 0 saturated heterocycles. The molecule has 4 rings (SSSR count). The second kappa shape index (κ2) is 10.7. The van der Waals surface area contributed by atoms with Crippen LogP contribution in [0, 0.1) is 0 Å². The Morgan fingerprint density at radius 2 is 1.60 bits per heavy atom. The van der Waals surface area contributed by atoms with E-state index in [1.165, 1.54) is 12.1 Å². The largest absolute Gasteiger partial charge is 0.480 e. The third kappa shape index (κ3) is 6.06. The van der Waals surface area contributed by atoms with Crippen LogP contribution < -0.4 is 10.0 Å². The van der Waals surface area contributed by atoms with E-state index in [0.717, 1.165) is 10.9 Å². The normalized spacial score (nSPS) is 12.6. The van der Waals surface area contributed by atoms with Gasteiger partial charge in [0.2, 0.25) is 15.9 Å². The molecule has 0 aliphatic carbocycles. The number of fused-ring (bicyclic) bond motifs is 3. The van der Waals surface area contributed by atoms with E-state index >= 15 is 0 Å². The molecule has 35 heavy (non-hydrogen) atoms. The first-order valence-corrected chi connectivity index (χ1v) is 12.8. The topological polar surface area (TPSA) is 126 Å². The van der Waals surface area contributed by atoms with Crippen molar-refractivity contribution in [2.24, 2.45) is 0 Å². The Bertz CT molecular complexity index is 1450. The van der Waals surface area contributed by atoms with Gasteiger partial charge in [0, 0.05) is 17.3 Å². The molecule has 1 unspecified atom stereocenters. The summed E-state index contributed by atoms with van der Waals surface area (Å²) in [6.07, 6.45) is 1.32. The molecule has 0 bridgehead atoms. The van der Waals surface area contributed by atoms with Crippen molar-refractivity contribution >= 4 is 43.8 Å². The van der Waals surface area contributed by atoms with Crippen LogP contribution >= 0.6 is 0 Å². The number of furan rings is 1. The SMILES string of the molecule is O=C(Cc1ccccc1)NCCCCC(NS(=O)(=O)c1ccc2oc3ccccc3c2c1)C(=O)O. The zero-order valence-corrected chi connectivity index (χ0v) is 19.8. The highest BCUT2D eigenvalue weighted by Crippen LogP contribution is 2.30. The number of nitrogens with one attached hydrogen (secondary N) is 2. The number of unbranched alkanes of at least 4 members (excludes halogenated alkanes) is 1. The van der Waals surface area contributed by atoms with Gasteiger partial charge in [-0.1, -0.05) is 48.5 Å². The van der Waals surface area contributed by atoms with Gasteiger partial charge in [-0.25, -0.2) is 8.42 Å². The molecule has 1 heterocycles. The van der Waals surface area contributed by atoms with Crippen molar-refractivity contribution in [2.45, 2.75) is 36.6 Å². The Morgan fingerprint density at radius 1 is 0.886 bits per heavy atom. The van der Waals surface area contributed by atoms with Gasteiger partial charge >= 0.3 is 5.97 Å². The highest BCUT2D eigenvalue weighted by molar-refractivity contribution is 7.89. The second-order valence-corrected chi connectivity index (χ2v) is 9.99. The molecular weight excluding hydrogens is 468 g/mol. The Balaban J connectivity index is 1.33. The predicted octanol–water partition coefficient (Wildman–Crippen LogP) is 3.85. The summed E-state index contributed by atoms with van der Waals surface area (Å²) in [6.45, 7) is 0.384. The fraction of sp³-hybridized carbons (Fsp3) is 0.231. The first-order chi connectivity index (χ1) is 16.8. The van der Waals surface area contributed by atoms with Crippen molar-refractivity contribution in [2.75, 3.05) is 6.54 Å². The van der Waals surface area contributed by atoms with Crippen LogP contribution in [0.3, 0.4) is 0 Å². The number of sulfonamides is 1. The molecule has 3 N–H and O–H groups in total. The van der Waals surface area contributed by atoms with Crippen LogP contribution in [0.2, 0.25) is 0 Å². The zero-order valence-electron chi connectivity index (χ0n) is 18.9. The lowest BCUT2D eigenvalue weighted by Gasteiger charge is -2.15. The van der Waals surface area contributed by atoms with E-state index in [-0.39, 0.29) is 23.6 Å². The van der Waals surface area contributed by atoms with Gasteiger partial charge in [0.25, 0.3) is 0 Å². The fourth-order valence-corrected chi connectivity index (χ4v) is 5.16. The smallest absolute Gasteiger partial charge is 0.321 e. The summed E-state index contributed by atoms with van der Waals surface area (Å²) in [6, 6.07) is 19.8. The van der Waals surface area contributed by atoms with Crippen molar-refractivity contribution in [1.29, 1.82) is 0 Å². The molecule has 8 nitrogen and oxygen atoms in total. The molecule has 0 saturated carbocycles. The van der Waals surface area contributed by atoms with Crippen LogP contribution in [0.4, 0.5) is 0 Å². The van der Waals surface area contributed by atoms with Gasteiger partial charge in [-0.05, 0) is 49.1 Å². The predicted molar refractivity (Wildman–Crippen MR) is 132 cm³/mol. The number of carboxylic acid groups (broad SMARTS) is 1. The molecule has 3 aromatic carbocycles. The Morgan fingerprint density at radius 3 is 2.37 bits per heavy atom. The van der Waals surface area contributed by atoms with Crippen molar-refractivity contribution in [3.8, 4) is 0 Å². The van der Waals surface area contributed by atoms with Gasteiger partial charge in [-0.15, -0.1) is 0 Å². The first kappa shape index (κ1) is 24.4. The third-order valence-corrected chi connectivity index (χ3v) is 7.17. The Kier molecular flexibility index (Phi) is 7.48. The average molecular weight is 495 g/mol. The Hall–Kier alpha value is -3.69. The number of amides is 1. The summed E-state index contributed by atoms with van der Waals surface area (Å²) >= 11 is 0. The lowest BCUT2D eigenvalue weighted by atomic mass is 10.1. The first-order valence-electron chi connectivity index (χ1n) is 11.3. The van der Waals surface area contributed by atoms with Crippen molar-refractivity contribution in [3.63, 3.8) is 0 Å². The van der Waals surface area contributed by atoms with Crippen molar-refractivity contribution in [3.05, 3.63) is 78.4 Å². The number of benzene rings is 3. The van der Waals surface area contributed by atoms with E-state index in [1.54, 1.807) is 12.1 Å². The molecule has 0 aliphatic heterocycles. The minimum atomic E-state index is -4.08. The van der Waals surface area contributed by atoms with Gasteiger partial charge in [0.1, 0.15) is 17.2 Å². The quantitative estimate of drug-likeness (QED) is 0.272. The summed E-state index contributed by atoms with van der Waals surface area (Å²) in [5.41, 5.74) is 2.10. The lowest BCUT2D eigenvalue weighted by molar-refractivity contribution is -0.139. The summed E-state index contributed by atoms with van der Waals surface area (Å²) < 4.78 is 33.9. The Labute approximate surface area is 203 Å². The van der Waals surface area contributed by atoms with E-state index in [0.29, 0.717) is 35.9 Å². The van der Waals surface area contributed by atoms with Crippen LogP contribution in [-0.2, 0) is 26.0 Å². The van der Waals surface area contributed by atoms with Gasteiger partial charge < -0.3 is 14.8 Å². The maximum atomic E-state index is 12.9. The van der Waals surface area contributed by atoms with E-state index in [1.807, 2.05) is 48.5 Å². The minimum absolute atomic E-state index is 0.0315. The van der Waals surface area contributed by atoms with Gasteiger partial charge in [0.05, 0.1) is 11.3 Å². The van der Waals surface area contributed by atoms with Crippen molar-refractivity contribution < 1.29 is 27.5 Å². The van der Waals surface area contributed by atoms with E-state index < -0.39 is 22.0 Å². The van der Waals surface area contributed by atoms with Crippen LogP contribution in [0.15, 0.2) is 82.1 Å². The summed E-state index contributed by atoms with van der Waals surface area (Å²) in [5, 5.41) is 13.8. The standard InChI is InChI=1S/C26H26N2O6S/c29-25(16-18-8-2-1-3-9-18)27-15-7-6-11-22(26(30)31)28-35(32,33)19-13-14-24-21(17-19)20-10-4-5-12-23(20)34-24/h1-5,8-10,12-14,17,22,28H,6-7,11,15-16H2,(H,27,29)(H,30,31). The second-order valence-electron chi connectivity index (χ2n) is 8.28. The minimum Gasteiger partial charge on any atom is -0.480 e. The molecule has 4 aromatic rings. The number of carboxylic acids is 1. The summed E-state index contributed by atoms with van der Waals surface area (Å²) in [5.74, 6) is -1.37. The maximum Gasteiger partial charge on any atom is 0.321 e. The van der Waals surface area contributed by atoms with Gasteiger partial charge in [-0.2, -0.15) is 4.72 Å². The van der Waals surface area contributed by atoms with Gasteiger partial charge in [-0.3, -0.25) is 9.59 Å². The maximum absolute atomic E-state index is 12.9. The third-order valence-electron chi connectivity index (χ3n) is 5.70. The molecule has 0 radical (unpaired) electrons. The molecule has 0 fully saturated rings. The van der Waals surface area contributed by atoms with Crippen LogP contribution in [0.25, 0.3) is 21.9 Å². The summed E-state index contributed by atoms with van der Waals surface area (Å²) in [7, 11) is -4.08. The number of aliphatic carboxylic acids is 1. The molecule has 1 amide bonds. The fourth-order valence-electron chi connectivity index (χ4n) is 3.91. The van der Waals surface area contributed by atoms with Crippen LogP contribution in [0.1, 0.15) is 24.8 Å². The molecule has 1 aromatic heterocycles. The number of rotatable bonds is 11. The van der Waals surface area contributed by atoms with E-state index in [2.05, 4.69) is 10.0 Å². The highest BCUT2D eigenvalue weighted by Gasteiger charge is 2.25. The van der Waals surface area contributed by atoms with Crippen LogP contribution in [-0.4, -0.2) is 38.0 Å². The number of hydrogen-bond donors (Lipinski definition) is 3. The van der Waals surface area contributed by atoms with Gasteiger partial charge in [0.15, 0.2) is 0 Å². The monoisotopic (exact) mass is 494 g/mol. The van der Waals surface area contributed by atoms with Crippen molar-refractivity contribution in [1.82, 2.24) is 10.0 Å². The average Bonchev–Trinajstić information content (AvgIpc) is 3.21. The number of carbonyl (C=O) groups is 2. The number of para-hydroxylation sites is 1. The molecule has 182 valence electrons. The van der Waals surface area contributed by atoms with E-state index in [4.69, 9.17) is 4.42 Å². The number of carbonyl (C=O) groups excluding carboxylic acids is 1. The molecule has 0 aliphatic rings. The zero-order chi connectivity index (χ0) is 24.8. The number of hydrogen-bond acceptors (Lipinski definition) is 5. The van der Waals surface area contributed by atoms with E-state index in [9.17, 15) is 23.1 Å². The lowest BCUT2D eigenvalue weighted by Crippen LogP contribution is -2.40. The highest BCUT2D eigenvalue weighted by atomic mass is 32.2.